The largest absolute Gasteiger partial charge is 0.379 e. The molecule has 0 N–H and O–H groups in total. The smallest absolute Gasteiger partial charge is 0.164 e. The van der Waals surface area contributed by atoms with E-state index in [1.54, 1.807) is 19.5 Å². The molecule has 0 unspecified atom stereocenters. The summed E-state index contributed by atoms with van der Waals surface area (Å²) in [6.07, 6.45) is 4.58. The van der Waals surface area contributed by atoms with Gasteiger partial charge in [-0.25, -0.2) is 0 Å². The highest BCUT2D eigenvalue weighted by Crippen LogP contribution is 2.17. The first-order valence-corrected chi connectivity index (χ1v) is 5.44. The average molecular weight is 221 g/mol. The van der Waals surface area contributed by atoms with Gasteiger partial charge in [-0.1, -0.05) is 0 Å². The number of carbonyl (C=O) groups is 1. The molecule has 0 fully saturated rings. The third-order valence-electron chi connectivity index (χ3n) is 2.70. The second-order valence-corrected chi connectivity index (χ2v) is 4.64. The number of aromatic nitrogens is 1. The maximum Gasteiger partial charge on any atom is 0.164 e. The molecule has 88 valence electrons. The van der Waals surface area contributed by atoms with Crippen molar-refractivity contribution in [1.29, 1.82) is 0 Å². The molecule has 0 saturated heterocycles. The topological polar surface area (TPSA) is 39.2 Å². The summed E-state index contributed by atoms with van der Waals surface area (Å²) in [5.41, 5.74) is 1.45. The molecule has 0 saturated carbocycles. The van der Waals surface area contributed by atoms with Gasteiger partial charge in [-0.3, -0.25) is 9.78 Å². The predicted octanol–water partition coefficient (Wildman–Crippen LogP) is 2.78. The van der Waals surface area contributed by atoms with Crippen molar-refractivity contribution < 1.29 is 9.53 Å². The molecule has 0 aliphatic rings. The highest BCUT2D eigenvalue weighted by molar-refractivity contribution is 5.95. The number of hydrogen-bond donors (Lipinski definition) is 0. The molecule has 3 nitrogen and oxygen atoms in total. The van der Waals surface area contributed by atoms with Crippen LogP contribution in [0, 0.1) is 6.92 Å². The van der Waals surface area contributed by atoms with E-state index < -0.39 is 0 Å². The van der Waals surface area contributed by atoms with Gasteiger partial charge in [-0.2, -0.15) is 0 Å². The monoisotopic (exact) mass is 221 g/mol. The molecule has 1 aromatic rings. The summed E-state index contributed by atoms with van der Waals surface area (Å²) in [5.74, 6) is 0.126. The zero-order chi connectivity index (χ0) is 12.2. The number of nitrogens with zero attached hydrogens (tertiary/aromatic N) is 1. The molecule has 0 aromatic carbocycles. The van der Waals surface area contributed by atoms with Crippen LogP contribution in [0.5, 0.6) is 0 Å². The van der Waals surface area contributed by atoms with E-state index in [9.17, 15) is 4.79 Å². The van der Waals surface area contributed by atoms with E-state index in [4.69, 9.17) is 4.74 Å². The van der Waals surface area contributed by atoms with Gasteiger partial charge in [-0.05, 0) is 38.8 Å². The molecule has 0 radical (unpaired) electrons. The molecule has 0 bridgehead atoms. The maximum absolute atomic E-state index is 11.9. The van der Waals surface area contributed by atoms with Crippen LogP contribution in [0.15, 0.2) is 18.5 Å². The summed E-state index contributed by atoms with van der Waals surface area (Å²) in [4.78, 5) is 15.9. The summed E-state index contributed by atoms with van der Waals surface area (Å²) >= 11 is 0. The minimum absolute atomic E-state index is 0.126. The standard InChI is InChI=1S/C13H19NO2/c1-10-7-11(9-14-8-10)12(15)5-6-13(2,3)16-4/h7-9H,5-6H2,1-4H3. The van der Waals surface area contributed by atoms with E-state index in [1.165, 1.54) is 0 Å². The van der Waals surface area contributed by atoms with Crippen molar-refractivity contribution in [2.75, 3.05) is 7.11 Å². The molecule has 0 amide bonds. The summed E-state index contributed by atoms with van der Waals surface area (Å²) < 4.78 is 5.28. The van der Waals surface area contributed by atoms with Crippen LogP contribution in [0.3, 0.4) is 0 Å². The summed E-state index contributed by atoms with van der Waals surface area (Å²) in [6, 6.07) is 1.87. The molecule has 1 rings (SSSR count). The van der Waals surface area contributed by atoms with Crippen molar-refractivity contribution in [3.63, 3.8) is 0 Å². The molecular weight excluding hydrogens is 202 g/mol. The van der Waals surface area contributed by atoms with Gasteiger partial charge in [0.2, 0.25) is 0 Å². The first-order chi connectivity index (χ1) is 7.44. The third kappa shape index (κ3) is 3.74. The van der Waals surface area contributed by atoms with E-state index in [-0.39, 0.29) is 11.4 Å². The van der Waals surface area contributed by atoms with Crippen molar-refractivity contribution in [2.45, 2.75) is 39.2 Å². The molecule has 1 aromatic heterocycles. The van der Waals surface area contributed by atoms with Crippen molar-refractivity contribution in [3.8, 4) is 0 Å². The Morgan fingerprint density at radius 2 is 2.12 bits per heavy atom. The van der Waals surface area contributed by atoms with Crippen LogP contribution in [0.1, 0.15) is 42.6 Å². The predicted molar refractivity (Wildman–Crippen MR) is 63.6 cm³/mol. The molecule has 16 heavy (non-hydrogen) atoms. The zero-order valence-electron chi connectivity index (χ0n) is 10.4. The minimum Gasteiger partial charge on any atom is -0.379 e. The van der Waals surface area contributed by atoms with Crippen molar-refractivity contribution in [2.24, 2.45) is 0 Å². The van der Waals surface area contributed by atoms with Crippen LogP contribution in [0.4, 0.5) is 0 Å². The van der Waals surface area contributed by atoms with Gasteiger partial charge in [-0.15, -0.1) is 0 Å². The SMILES string of the molecule is COC(C)(C)CCC(=O)c1cncc(C)c1. The third-order valence-corrected chi connectivity index (χ3v) is 2.70. The second kappa shape index (κ2) is 5.21. The van der Waals surface area contributed by atoms with Crippen LogP contribution in [-0.2, 0) is 4.74 Å². The Morgan fingerprint density at radius 1 is 1.44 bits per heavy atom. The lowest BCUT2D eigenvalue weighted by molar-refractivity contribution is 0.0141. The van der Waals surface area contributed by atoms with Crippen LogP contribution in [0.2, 0.25) is 0 Å². The molecular formula is C13H19NO2. The zero-order valence-corrected chi connectivity index (χ0v) is 10.4. The maximum atomic E-state index is 11.9. The fourth-order valence-electron chi connectivity index (χ4n) is 1.37. The Hall–Kier alpha value is -1.22. The summed E-state index contributed by atoms with van der Waals surface area (Å²) in [7, 11) is 1.67. The number of ether oxygens (including phenoxy) is 1. The average Bonchev–Trinajstić information content (AvgIpc) is 2.26. The second-order valence-electron chi connectivity index (χ2n) is 4.64. The highest BCUT2D eigenvalue weighted by atomic mass is 16.5. The molecule has 3 heteroatoms. The summed E-state index contributed by atoms with van der Waals surface area (Å²) in [5, 5.41) is 0. The first kappa shape index (κ1) is 12.8. The first-order valence-electron chi connectivity index (χ1n) is 5.44. The number of methoxy groups -OCH3 is 1. The van der Waals surface area contributed by atoms with Gasteiger partial charge in [0.1, 0.15) is 0 Å². The number of pyridine rings is 1. The van der Waals surface area contributed by atoms with E-state index >= 15 is 0 Å². The molecule has 1 heterocycles. The fourth-order valence-corrected chi connectivity index (χ4v) is 1.37. The molecule has 0 aliphatic heterocycles. The lowest BCUT2D eigenvalue weighted by atomic mass is 9.98. The van der Waals surface area contributed by atoms with Crippen LogP contribution in [-0.4, -0.2) is 23.5 Å². The van der Waals surface area contributed by atoms with E-state index in [2.05, 4.69) is 4.98 Å². The van der Waals surface area contributed by atoms with Gasteiger partial charge >= 0.3 is 0 Å². The molecule has 0 aliphatic carbocycles. The number of carbonyl (C=O) groups excluding carboxylic acids is 1. The Morgan fingerprint density at radius 3 is 2.69 bits per heavy atom. The molecule has 0 spiro atoms. The number of hydrogen-bond acceptors (Lipinski definition) is 3. The number of aryl methyl sites for hydroxylation is 1. The summed E-state index contributed by atoms with van der Waals surface area (Å²) in [6.45, 7) is 5.90. The van der Waals surface area contributed by atoms with Crippen LogP contribution < -0.4 is 0 Å². The minimum atomic E-state index is -0.243. The van der Waals surface area contributed by atoms with E-state index in [1.807, 2.05) is 26.8 Å². The number of ketones is 1. The van der Waals surface area contributed by atoms with Gasteiger partial charge < -0.3 is 4.74 Å². The van der Waals surface area contributed by atoms with Crippen LogP contribution in [0.25, 0.3) is 0 Å². The highest BCUT2D eigenvalue weighted by Gasteiger charge is 2.18. The Kier molecular flexibility index (Phi) is 4.19. The quantitative estimate of drug-likeness (QED) is 0.718. The van der Waals surface area contributed by atoms with Crippen molar-refractivity contribution in [3.05, 3.63) is 29.6 Å². The number of Topliss-reactive ketones (excluding diaryl/α,β-unsaturated/α-hetero) is 1. The van der Waals surface area contributed by atoms with Gasteiger partial charge in [0.25, 0.3) is 0 Å². The Bertz CT molecular complexity index is 372. The van der Waals surface area contributed by atoms with Gasteiger partial charge in [0.15, 0.2) is 5.78 Å². The van der Waals surface area contributed by atoms with E-state index in [0.717, 1.165) is 12.0 Å². The lowest BCUT2D eigenvalue weighted by Crippen LogP contribution is -2.23. The normalized spacial score (nSPS) is 11.5. The van der Waals surface area contributed by atoms with Gasteiger partial charge in [0.05, 0.1) is 5.60 Å². The fraction of sp³-hybridized carbons (Fsp3) is 0.538. The Balaban J connectivity index is 2.60. The van der Waals surface area contributed by atoms with Crippen molar-refractivity contribution in [1.82, 2.24) is 4.98 Å². The van der Waals surface area contributed by atoms with Crippen molar-refractivity contribution >= 4 is 5.78 Å². The Labute approximate surface area is 96.8 Å². The van der Waals surface area contributed by atoms with Crippen LogP contribution >= 0.6 is 0 Å². The lowest BCUT2D eigenvalue weighted by Gasteiger charge is -2.22. The number of rotatable bonds is 5. The van der Waals surface area contributed by atoms with E-state index in [0.29, 0.717) is 12.0 Å². The van der Waals surface area contributed by atoms with Gasteiger partial charge in [0, 0.05) is 31.5 Å². The molecule has 0 atom stereocenters.